The number of hydrogen-bond donors (Lipinski definition) is 0. The van der Waals surface area contributed by atoms with Crippen LogP contribution < -0.4 is 0 Å². The summed E-state index contributed by atoms with van der Waals surface area (Å²) in [6.07, 6.45) is 0.478. The Balaban J connectivity index is 2.18. The minimum absolute atomic E-state index is 0.406. The lowest BCUT2D eigenvalue weighted by Crippen LogP contribution is -1.80. The van der Waals surface area contributed by atoms with Crippen molar-refractivity contribution < 1.29 is 8.78 Å². The molecule has 0 aliphatic rings. The fraction of sp³-hybridized carbons (Fsp3) is 0.167. The second-order valence-electron chi connectivity index (χ2n) is 3.29. The van der Waals surface area contributed by atoms with Crippen molar-refractivity contribution in [2.75, 3.05) is 0 Å². The highest BCUT2D eigenvalue weighted by Gasteiger charge is 2.02. The van der Waals surface area contributed by atoms with Gasteiger partial charge in [-0.05, 0) is 41.3 Å². The van der Waals surface area contributed by atoms with Gasteiger partial charge in [0.1, 0.15) is 0 Å². The molecule has 1 aromatic carbocycles. The SMILES string of the molecule is FC(F)=CCCc1csc2ccccc12. The van der Waals surface area contributed by atoms with Gasteiger partial charge >= 0.3 is 0 Å². The van der Waals surface area contributed by atoms with Crippen molar-refractivity contribution in [3.05, 3.63) is 47.4 Å². The smallest absolute Gasteiger partial charge is 0.174 e. The quantitative estimate of drug-likeness (QED) is 0.714. The van der Waals surface area contributed by atoms with E-state index in [4.69, 9.17) is 0 Å². The summed E-state index contributed by atoms with van der Waals surface area (Å²) < 4.78 is 24.9. The summed E-state index contributed by atoms with van der Waals surface area (Å²) in [6.45, 7) is 0. The molecule has 0 aliphatic carbocycles. The standard InChI is InChI=1S/C12H10F2S/c13-12(14)7-3-4-9-8-15-11-6-2-1-5-10(9)11/h1-2,5-8H,3-4H2. The van der Waals surface area contributed by atoms with Crippen LogP contribution in [0.4, 0.5) is 8.78 Å². The molecule has 1 heterocycles. The molecule has 0 saturated heterocycles. The van der Waals surface area contributed by atoms with E-state index in [0.29, 0.717) is 12.8 Å². The summed E-state index contributed by atoms with van der Waals surface area (Å²) in [5, 5.41) is 3.24. The minimum atomic E-state index is -1.59. The van der Waals surface area contributed by atoms with Crippen molar-refractivity contribution >= 4 is 21.4 Å². The number of hydrogen-bond acceptors (Lipinski definition) is 1. The van der Waals surface area contributed by atoms with Gasteiger partial charge in [0.05, 0.1) is 0 Å². The molecule has 0 atom stereocenters. The molecule has 1 aromatic heterocycles. The molecule has 0 amide bonds. The molecule has 78 valence electrons. The third-order valence-corrected chi connectivity index (χ3v) is 3.29. The largest absolute Gasteiger partial charge is 0.266 e. The van der Waals surface area contributed by atoms with Crippen LogP contribution in [0.25, 0.3) is 10.1 Å². The highest BCUT2D eigenvalue weighted by molar-refractivity contribution is 7.17. The Bertz CT molecular complexity index is 481. The molecule has 0 saturated carbocycles. The van der Waals surface area contributed by atoms with Gasteiger partial charge in [-0.3, -0.25) is 0 Å². The molecule has 0 nitrogen and oxygen atoms in total. The Kier molecular flexibility index (Phi) is 3.11. The molecular formula is C12H10F2S. The van der Waals surface area contributed by atoms with Crippen LogP contribution in [0, 0.1) is 0 Å². The van der Waals surface area contributed by atoms with Crippen LogP contribution in [0.3, 0.4) is 0 Å². The molecule has 0 bridgehead atoms. The van der Waals surface area contributed by atoms with Gasteiger partial charge in [0.25, 0.3) is 6.08 Å². The van der Waals surface area contributed by atoms with Gasteiger partial charge in [-0.1, -0.05) is 18.2 Å². The molecule has 0 spiro atoms. The van der Waals surface area contributed by atoms with Crippen molar-refractivity contribution in [2.24, 2.45) is 0 Å². The molecule has 0 aliphatic heterocycles. The maximum absolute atomic E-state index is 11.8. The summed E-state index contributed by atoms with van der Waals surface area (Å²) in [4.78, 5) is 0. The molecule has 2 aromatic rings. The van der Waals surface area contributed by atoms with Gasteiger partial charge in [-0.25, -0.2) is 0 Å². The van der Waals surface area contributed by atoms with Gasteiger partial charge in [0.15, 0.2) is 0 Å². The summed E-state index contributed by atoms with van der Waals surface area (Å²) >= 11 is 1.66. The number of allylic oxidation sites excluding steroid dienone is 1. The molecular weight excluding hydrogens is 214 g/mol. The van der Waals surface area contributed by atoms with E-state index in [1.54, 1.807) is 11.3 Å². The van der Waals surface area contributed by atoms with Crippen molar-refractivity contribution in [1.82, 2.24) is 0 Å². The first-order valence-electron chi connectivity index (χ1n) is 4.73. The van der Waals surface area contributed by atoms with Crippen LogP contribution in [-0.2, 0) is 6.42 Å². The maximum Gasteiger partial charge on any atom is 0.266 e. The predicted octanol–water partition coefficient (Wildman–Crippen LogP) is 4.61. The lowest BCUT2D eigenvalue weighted by Gasteiger charge is -1.95. The molecule has 0 radical (unpaired) electrons. The van der Waals surface area contributed by atoms with Crippen molar-refractivity contribution in [1.29, 1.82) is 0 Å². The van der Waals surface area contributed by atoms with Crippen LogP contribution in [0.5, 0.6) is 0 Å². The maximum atomic E-state index is 11.8. The van der Waals surface area contributed by atoms with E-state index in [1.807, 2.05) is 18.2 Å². The monoisotopic (exact) mass is 224 g/mol. The first-order chi connectivity index (χ1) is 7.27. The van der Waals surface area contributed by atoms with Gasteiger partial charge in [-0.15, -0.1) is 11.3 Å². The average molecular weight is 224 g/mol. The normalized spacial score (nSPS) is 10.5. The van der Waals surface area contributed by atoms with E-state index in [0.717, 1.165) is 11.6 Å². The van der Waals surface area contributed by atoms with Crippen LogP contribution >= 0.6 is 11.3 Å². The Morgan fingerprint density at radius 1 is 1.27 bits per heavy atom. The van der Waals surface area contributed by atoms with E-state index < -0.39 is 6.08 Å². The highest BCUT2D eigenvalue weighted by Crippen LogP contribution is 2.26. The molecule has 0 N–H and O–H groups in total. The zero-order chi connectivity index (χ0) is 10.7. The van der Waals surface area contributed by atoms with E-state index in [-0.39, 0.29) is 0 Å². The fourth-order valence-electron chi connectivity index (χ4n) is 1.56. The number of fused-ring (bicyclic) bond motifs is 1. The first kappa shape index (κ1) is 10.3. The Labute approximate surface area is 90.9 Å². The third kappa shape index (κ3) is 2.42. The van der Waals surface area contributed by atoms with Gasteiger partial charge in [0.2, 0.25) is 0 Å². The molecule has 0 unspecified atom stereocenters. The topological polar surface area (TPSA) is 0 Å². The molecule has 0 fully saturated rings. The fourth-order valence-corrected chi connectivity index (χ4v) is 2.56. The Morgan fingerprint density at radius 2 is 2.07 bits per heavy atom. The zero-order valence-electron chi connectivity index (χ0n) is 8.04. The van der Waals surface area contributed by atoms with E-state index in [2.05, 4.69) is 11.4 Å². The average Bonchev–Trinajstić information content (AvgIpc) is 2.62. The molecule has 3 heteroatoms. The zero-order valence-corrected chi connectivity index (χ0v) is 8.86. The van der Waals surface area contributed by atoms with Gasteiger partial charge < -0.3 is 0 Å². The van der Waals surface area contributed by atoms with Crippen molar-refractivity contribution in [3.63, 3.8) is 0 Å². The summed E-state index contributed by atoms with van der Waals surface area (Å²) in [7, 11) is 0. The molecule has 15 heavy (non-hydrogen) atoms. The van der Waals surface area contributed by atoms with Crippen molar-refractivity contribution in [3.8, 4) is 0 Å². The van der Waals surface area contributed by atoms with E-state index >= 15 is 0 Å². The first-order valence-corrected chi connectivity index (χ1v) is 5.61. The second kappa shape index (κ2) is 4.53. The molecule has 2 rings (SSSR count). The van der Waals surface area contributed by atoms with Crippen LogP contribution in [0.2, 0.25) is 0 Å². The predicted molar refractivity (Wildman–Crippen MR) is 60.4 cm³/mol. The highest BCUT2D eigenvalue weighted by atomic mass is 32.1. The number of benzene rings is 1. The summed E-state index contributed by atoms with van der Waals surface area (Å²) in [6, 6.07) is 8.06. The Hall–Kier alpha value is -1.22. The summed E-state index contributed by atoms with van der Waals surface area (Å²) in [5.41, 5.74) is 1.16. The number of rotatable bonds is 3. The van der Waals surface area contributed by atoms with E-state index in [1.165, 1.54) is 10.1 Å². The Morgan fingerprint density at radius 3 is 2.87 bits per heavy atom. The van der Waals surface area contributed by atoms with Crippen LogP contribution in [0.15, 0.2) is 41.8 Å². The number of aryl methyl sites for hydroxylation is 1. The minimum Gasteiger partial charge on any atom is -0.174 e. The van der Waals surface area contributed by atoms with Crippen LogP contribution in [-0.4, -0.2) is 0 Å². The van der Waals surface area contributed by atoms with Crippen molar-refractivity contribution in [2.45, 2.75) is 12.8 Å². The third-order valence-electron chi connectivity index (χ3n) is 2.27. The second-order valence-corrected chi connectivity index (χ2v) is 4.20. The van der Waals surface area contributed by atoms with Crippen LogP contribution in [0.1, 0.15) is 12.0 Å². The summed E-state index contributed by atoms with van der Waals surface area (Å²) in [5.74, 6) is 0. The van der Waals surface area contributed by atoms with Gasteiger partial charge in [0, 0.05) is 4.70 Å². The van der Waals surface area contributed by atoms with E-state index in [9.17, 15) is 8.78 Å². The lowest BCUT2D eigenvalue weighted by molar-refractivity contribution is 0.417. The number of halogens is 2. The van der Waals surface area contributed by atoms with Gasteiger partial charge in [-0.2, -0.15) is 8.78 Å². The number of thiophene rings is 1. The lowest BCUT2D eigenvalue weighted by atomic mass is 10.1.